The summed E-state index contributed by atoms with van der Waals surface area (Å²) in [7, 11) is 0. The van der Waals surface area contributed by atoms with E-state index in [0.717, 1.165) is 42.6 Å². The number of carbonyl (C=O) groups is 1. The van der Waals surface area contributed by atoms with E-state index in [-0.39, 0.29) is 5.91 Å². The van der Waals surface area contributed by atoms with Crippen molar-refractivity contribution >= 4 is 16.8 Å². The number of nitrogens with zero attached hydrogens (tertiary/aromatic N) is 1. The van der Waals surface area contributed by atoms with Crippen molar-refractivity contribution in [1.29, 1.82) is 0 Å². The van der Waals surface area contributed by atoms with Crippen molar-refractivity contribution in [3.05, 3.63) is 36.0 Å². The molecular formula is C17H23N3O. The molecule has 0 saturated carbocycles. The number of nitrogens with one attached hydrogen (secondary N) is 2. The predicted molar refractivity (Wildman–Crippen MR) is 85.5 cm³/mol. The summed E-state index contributed by atoms with van der Waals surface area (Å²) >= 11 is 0. The van der Waals surface area contributed by atoms with E-state index < -0.39 is 0 Å². The van der Waals surface area contributed by atoms with Gasteiger partial charge in [0, 0.05) is 30.4 Å². The molecule has 2 aromatic rings. The minimum atomic E-state index is 0.146. The SMILES string of the molecule is CCN(CC1CCNCC1)C(=O)c1ccc2cc[nH]c2c1. The van der Waals surface area contributed by atoms with Crippen molar-refractivity contribution in [2.45, 2.75) is 19.8 Å². The number of aromatic nitrogens is 1. The maximum atomic E-state index is 12.7. The van der Waals surface area contributed by atoms with Crippen LogP contribution in [0.1, 0.15) is 30.1 Å². The number of H-pyrrole nitrogens is 1. The molecule has 1 aromatic heterocycles. The van der Waals surface area contributed by atoms with Gasteiger partial charge in [0.05, 0.1) is 0 Å². The van der Waals surface area contributed by atoms with Crippen molar-refractivity contribution < 1.29 is 4.79 Å². The van der Waals surface area contributed by atoms with Crippen LogP contribution in [-0.4, -0.2) is 42.0 Å². The summed E-state index contributed by atoms with van der Waals surface area (Å²) in [6.07, 6.45) is 4.24. The minimum Gasteiger partial charge on any atom is -0.361 e. The summed E-state index contributed by atoms with van der Waals surface area (Å²) in [5, 5.41) is 4.52. The molecule has 0 aliphatic carbocycles. The van der Waals surface area contributed by atoms with Crippen molar-refractivity contribution in [1.82, 2.24) is 15.2 Å². The molecule has 1 aromatic carbocycles. The molecule has 0 radical (unpaired) electrons. The summed E-state index contributed by atoms with van der Waals surface area (Å²) in [4.78, 5) is 17.9. The Labute approximate surface area is 125 Å². The Morgan fingerprint density at radius 3 is 2.86 bits per heavy atom. The van der Waals surface area contributed by atoms with Gasteiger partial charge in [-0.05, 0) is 62.4 Å². The highest BCUT2D eigenvalue weighted by Crippen LogP contribution is 2.18. The van der Waals surface area contributed by atoms with Gasteiger partial charge < -0.3 is 15.2 Å². The van der Waals surface area contributed by atoms with E-state index in [0.29, 0.717) is 5.92 Å². The van der Waals surface area contributed by atoms with Crippen LogP contribution in [0.3, 0.4) is 0 Å². The molecule has 4 nitrogen and oxygen atoms in total. The van der Waals surface area contributed by atoms with E-state index in [1.165, 1.54) is 12.8 Å². The molecule has 0 spiro atoms. The Hall–Kier alpha value is -1.81. The monoisotopic (exact) mass is 285 g/mol. The van der Waals surface area contributed by atoms with E-state index in [1.54, 1.807) is 0 Å². The van der Waals surface area contributed by atoms with Crippen molar-refractivity contribution in [2.24, 2.45) is 5.92 Å². The zero-order valence-corrected chi connectivity index (χ0v) is 12.6. The molecule has 1 saturated heterocycles. The van der Waals surface area contributed by atoms with Crippen LogP contribution in [0.5, 0.6) is 0 Å². The Balaban J connectivity index is 1.74. The first-order valence-corrected chi connectivity index (χ1v) is 7.85. The average Bonchev–Trinajstić information content (AvgIpc) is 3.00. The Kier molecular flexibility index (Phi) is 4.25. The van der Waals surface area contributed by atoms with Crippen LogP contribution in [0.4, 0.5) is 0 Å². The first-order chi connectivity index (χ1) is 10.3. The molecular weight excluding hydrogens is 262 g/mol. The maximum Gasteiger partial charge on any atom is 0.253 e. The topological polar surface area (TPSA) is 48.1 Å². The highest BCUT2D eigenvalue weighted by molar-refractivity contribution is 5.97. The second-order valence-corrected chi connectivity index (χ2v) is 5.82. The third kappa shape index (κ3) is 3.10. The lowest BCUT2D eigenvalue weighted by molar-refractivity contribution is 0.0727. The fourth-order valence-electron chi connectivity index (χ4n) is 3.10. The molecule has 1 fully saturated rings. The van der Waals surface area contributed by atoms with Crippen LogP contribution in [-0.2, 0) is 0 Å². The van der Waals surface area contributed by atoms with Crippen LogP contribution < -0.4 is 5.32 Å². The molecule has 2 N–H and O–H groups in total. The molecule has 0 atom stereocenters. The molecule has 1 aliphatic rings. The molecule has 0 unspecified atom stereocenters. The summed E-state index contributed by atoms with van der Waals surface area (Å²) < 4.78 is 0. The number of hydrogen-bond acceptors (Lipinski definition) is 2. The molecule has 0 bridgehead atoms. The van der Waals surface area contributed by atoms with Gasteiger partial charge in [0.15, 0.2) is 0 Å². The largest absolute Gasteiger partial charge is 0.361 e. The maximum absolute atomic E-state index is 12.7. The van der Waals surface area contributed by atoms with Gasteiger partial charge in [0.25, 0.3) is 5.91 Å². The number of carbonyl (C=O) groups excluding carboxylic acids is 1. The molecule has 3 rings (SSSR count). The molecule has 2 heterocycles. The second-order valence-electron chi connectivity index (χ2n) is 5.82. The minimum absolute atomic E-state index is 0.146. The van der Waals surface area contributed by atoms with Gasteiger partial charge in [-0.15, -0.1) is 0 Å². The third-order valence-corrected chi connectivity index (χ3v) is 4.41. The highest BCUT2D eigenvalue weighted by atomic mass is 16.2. The number of amides is 1. The number of rotatable bonds is 4. The predicted octanol–water partition coefficient (Wildman–Crippen LogP) is 2.63. The summed E-state index contributed by atoms with van der Waals surface area (Å²) in [6, 6.07) is 7.93. The number of fused-ring (bicyclic) bond motifs is 1. The highest BCUT2D eigenvalue weighted by Gasteiger charge is 2.20. The molecule has 4 heteroatoms. The van der Waals surface area contributed by atoms with E-state index >= 15 is 0 Å². The second kappa shape index (κ2) is 6.31. The first-order valence-electron chi connectivity index (χ1n) is 7.85. The van der Waals surface area contributed by atoms with Gasteiger partial charge in [-0.25, -0.2) is 0 Å². The van der Waals surface area contributed by atoms with Crippen molar-refractivity contribution in [2.75, 3.05) is 26.2 Å². The Bertz CT molecular complexity index is 613. The van der Waals surface area contributed by atoms with Gasteiger partial charge in [0.2, 0.25) is 0 Å². The smallest absolute Gasteiger partial charge is 0.253 e. The number of aromatic amines is 1. The number of piperidine rings is 1. The fourth-order valence-corrected chi connectivity index (χ4v) is 3.10. The normalized spacial score (nSPS) is 16.2. The van der Waals surface area contributed by atoms with Crippen LogP contribution in [0.25, 0.3) is 10.9 Å². The third-order valence-electron chi connectivity index (χ3n) is 4.41. The lowest BCUT2D eigenvalue weighted by Gasteiger charge is -2.29. The summed E-state index contributed by atoms with van der Waals surface area (Å²) in [5.74, 6) is 0.775. The molecule has 1 aliphatic heterocycles. The van der Waals surface area contributed by atoms with E-state index in [1.807, 2.05) is 35.4 Å². The van der Waals surface area contributed by atoms with Crippen LogP contribution >= 0.6 is 0 Å². The molecule has 21 heavy (non-hydrogen) atoms. The average molecular weight is 285 g/mol. The van der Waals surface area contributed by atoms with Gasteiger partial charge in [-0.2, -0.15) is 0 Å². The van der Waals surface area contributed by atoms with Gasteiger partial charge in [-0.3, -0.25) is 4.79 Å². The summed E-state index contributed by atoms with van der Waals surface area (Å²) in [6.45, 7) is 5.85. The Morgan fingerprint density at radius 2 is 2.10 bits per heavy atom. The van der Waals surface area contributed by atoms with Crippen molar-refractivity contribution in [3.8, 4) is 0 Å². The lowest BCUT2D eigenvalue weighted by atomic mass is 9.97. The zero-order valence-electron chi connectivity index (χ0n) is 12.6. The quantitative estimate of drug-likeness (QED) is 0.907. The number of hydrogen-bond donors (Lipinski definition) is 2. The standard InChI is InChI=1S/C17H23N3O/c1-2-20(12-13-5-8-18-9-6-13)17(21)15-4-3-14-7-10-19-16(14)11-15/h3-4,7,10-11,13,18-19H,2,5-6,8-9,12H2,1H3. The van der Waals surface area contributed by atoms with E-state index in [9.17, 15) is 4.79 Å². The first kappa shape index (κ1) is 14.1. The van der Waals surface area contributed by atoms with Crippen LogP contribution in [0.2, 0.25) is 0 Å². The number of benzene rings is 1. The fraction of sp³-hybridized carbons (Fsp3) is 0.471. The van der Waals surface area contributed by atoms with E-state index in [2.05, 4.69) is 17.2 Å². The van der Waals surface area contributed by atoms with Gasteiger partial charge >= 0.3 is 0 Å². The Morgan fingerprint density at radius 1 is 1.29 bits per heavy atom. The van der Waals surface area contributed by atoms with E-state index in [4.69, 9.17) is 0 Å². The summed E-state index contributed by atoms with van der Waals surface area (Å²) in [5.41, 5.74) is 1.81. The van der Waals surface area contributed by atoms with Crippen molar-refractivity contribution in [3.63, 3.8) is 0 Å². The van der Waals surface area contributed by atoms with Gasteiger partial charge in [0.1, 0.15) is 0 Å². The van der Waals surface area contributed by atoms with Crippen LogP contribution in [0.15, 0.2) is 30.5 Å². The lowest BCUT2D eigenvalue weighted by Crippen LogP contribution is -2.39. The van der Waals surface area contributed by atoms with Crippen LogP contribution in [0, 0.1) is 5.92 Å². The molecule has 1 amide bonds. The zero-order chi connectivity index (χ0) is 14.7. The van der Waals surface area contributed by atoms with Gasteiger partial charge in [-0.1, -0.05) is 6.07 Å². The molecule has 112 valence electrons.